The SMILES string of the molecule is CC1CCCNC1CC(=O)NCCC1CCN(C)CC1. The van der Waals surface area contributed by atoms with Crippen molar-refractivity contribution in [3.05, 3.63) is 0 Å². The third kappa shape index (κ3) is 5.06. The van der Waals surface area contributed by atoms with Crippen molar-refractivity contribution in [2.24, 2.45) is 11.8 Å². The number of rotatable bonds is 5. The van der Waals surface area contributed by atoms with Gasteiger partial charge in [-0.3, -0.25) is 4.79 Å². The summed E-state index contributed by atoms with van der Waals surface area (Å²) in [5.41, 5.74) is 0. The zero-order valence-corrected chi connectivity index (χ0v) is 13.2. The van der Waals surface area contributed by atoms with E-state index in [1.54, 1.807) is 0 Å². The molecule has 0 aliphatic carbocycles. The van der Waals surface area contributed by atoms with E-state index in [-0.39, 0.29) is 5.91 Å². The standard InChI is InChI=1S/C16H31N3O/c1-13-4-3-8-17-15(13)12-16(20)18-9-5-14-6-10-19(2)11-7-14/h13-15,17H,3-12H2,1-2H3,(H,18,20). The second-order valence-electron chi connectivity index (χ2n) is 6.77. The number of nitrogens with zero attached hydrogens (tertiary/aromatic N) is 1. The number of hydrogen-bond donors (Lipinski definition) is 2. The van der Waals surface area contributed by atoms with Crippen LogP contribution in [0.5, 0.6) is 0 Å². The fourth-order valence-electron chi connectivity index (χ4n) is 3.43. The third-order valence-electron chi connectivity index (χ3n) is 5.05. The van der Waals surface area contributed by atoms with E-state index in [0.717, 1.165) is 25.4 Å². The fraction of sp³-hybridized carbons (Fsp3) is 0.938. The molecule has 2 heterocycles. The molecule has 0 aromatic carbocycles. The number of nitrogens with one attached hydrogen (secondary N) is 2. The minimum atomic E-state index is 0.226. The topological polar surface area (TPSA) is 44.4 Å². The smallest absolute Gasteiger partial charge is 0.221 e. The van der Waals surface area contributed by atoms with Crippen molar-refractivity contribution < 1.29 is 4.79 Å². The Balaban J connectivity index is 1.58. The largest absolute Gasteiger partial charge is 0.356 e. The lowest BCUT2D eigenvalue weighted by molar-refractivity contribution is -0.122. The summed E-state index contributed by atoms with van der Waals surface area (Å²) in [5.74, 6) is 1.66. The van der Waals surface area contributed by atoms with E-state index in [1.165, 1.54) is 38.8 Å². The fourth-order valence-corrected chi connectivity index (χ4v) is 3.43. The van der Waals surface area contributed by atoms with Gasteiger partial charge < -0.3 is 15.5 Å². The minimum Gasteiger partial charge on any atom is -0.356 e. The Morgan fingerprint density at radius 3 is 2.75 bits per heavy atom. The summed E-state index contributed by atoms with van der Waals surface area (Å²) in [5, 5.41) is 6.59. The lowest BCUT2D eigenvalue weighted by Crippen LogP contribution is -2.43. The first-order chi connectivity index (χ1) is 9.65. The number of carbonyl (C=O) groups is 1. The highest BCUT2D eigenvalue weighted by Gasteiger charge is 2.23. The summed E-state index contributed by atoms with van der Waals surface area (Å²) in [7, 11) is 2.19. The van der Waals surface area contributed by atoms with Crippen molar-refractivity contribution in [3.63, 3.8) is 0 Å². The molecule has 116 valence electrons. The Kier molecular flexibility index (Phi) is 6.30. The Bertz CT molecular complexity index is 300. The quantitative estimate of drug-likeness (QED) is 0.805. The average molecular weight is 281 g/mol. The molecule has 1 amide bonds. The molecule has 0 bridgehead atoms. The molecule has 0 aromatic rings. The Morgan fingerprint density at radius 2 is 2.05 bits per heavy atom. The molecule has 0 radical (unpaired) electrons. The molecule has 4 heteroatoms. The molecule has 2 rings (SSSR count). The molecule has 2 atom stereocenters. The number of piperidine rings is 2. The van der Waals surface area contributed by atoms with Gasteiger partial charge in [0.25, 0.3) is 0 Å². The van der Waals surface area contributed by atoms with Crippen molar-refractivity contribution in [3.8, 4) is 0 Å². The van der Waals surface area contributed by atoms with Crippen LogP contribution in [-0.4, -0.2) is 50.1 Å². The second-order valence-corrected chi connectivity index (χ2v) is 6.77. The van der Waals surface area contributed by atoms with Crippen LogP contribution in [0.1, 0.15) is 45.4 Å². The van der Waals surface area contributed by atoms with Crippen LogP contribution in [0.2, 0.25) is 0 Å². The molecule has 0 spiro atoms. The number of amides is 1. The Morgan fingerprint density at radius 1 is 1.30 bits per heavy atom. The van der Waals surface area contributed by atoms with Gasteiger partial charge in [-0.1, -0.05) is 6.92 Å². The van der Waals surface area contributed by atoms with E-state index < -0.39 is 0 Å². The molecule has 2 N–H and O–H groups in total. The van der Waals surface area contributed by atoms with Crippen LogP contribution in [-0.2, 0) is 4.79 Å². The first kappa shape index (κ1) is 15.8. The van der Waals surface area contributed by atoms with E-state index in [9.17, 15) is 4.79 Å². The molecule has 0 aromatic heterocycles. The molecule has 2 aliphatic rings. The molecular weight excluding hydrogens is 250 g/mol. The summed E-state index contributed by atoms with van der Waals surface area (Å²) in [6, 6.07) is 0.382. The highest BCUT2D eigenvalue weighted by atomic mass is 16.1. The first-order valence-corrected chi connectivity index (χ1v) is 8.34. The van der Waals surface area contributed by atoms with E-state index in [2.05, 4.69) is 29.5 Å². The maximum absolute atomic E-state index is 12.0. The third-order valence-corrected chi connectivity index (χ3v) is 5.05. The Labute approximate surface area is 123 Å². The minimum absolute atomic E-state index is 0.226. The van der Waals surface area contributed by atoms with Crippen molar-refractivity contribution in [1.82, 2.24) is 15.5 Å². The molecule has 2 saturated heterocycles. The summed E-state index contributed by atoms with van der Waals surface area (Å²) < 4.78 is 0. The molecule has 0 saturated carbocycles. The number of hydrogen-bond acceptors (Lipinski definition) is 3. The Hall–Kier alpha value is -0.610. The molecule has 2 unspecified atom stereocenters. The predicted octanol–water partition coefficient (Wildman–Crippen LogP) is 1.61. The van der Waals surface area contributed by atoms with Gasteiger partial charge in [0.15, 0.2) is 0 Å². The number of carbonyl (C=O) groups excluding carboxylic acids is 1. The van der Waals surface area contributed by atoms with E-state index in [1.807, 2.05) is 0 Å². The summed E-state index contributed by atoms with van der Waals surface area (Å²) >= 11 is 0. The summed E-state index contributed by atoms with van der Waals surface area (Å²) in [6.07, 6.45) is 6.86. The lowest BCUT2D eigenvalue weighted by atomic mass is 9.90. The van der Waals surface area contributed by atoms with Crippen molar-refractivity contribution in [2.75, 3.05) is 33.2 Å². The summed E-state index contributed by atoms with van der Waals surface area (Å²) in [6.45, 7) is 6.60. The van der Waals surface area contributed by atoms with Crippen LogP contribution >= 0.6 is 0 Å². The van der Waals surface area contributed by atoms with Crippen molar-refractivity contribution >= 4 is 5.91 Å². The zero-order chi connectivity index (χ0) is 14.4. The van der Waals surface area contributed by atoms with Gasteiger partial charge in [0, 0.05) is 19.0 Å². The maximum atomic E-state index is 12.0. The van der Waals surface area contributed by atoms with E-state index >= 15 is 0 Å². The molecular formula is C16H31N3O. The summed E-state index contributed by atoms with van der Waals surface area (Å²) in [4.78, 5) is 14.4. The van der Waals surface area contributed by atoms with Crippen LogP contribution in [0.15, 0.2) is 0 Å². The normalized spacial score (nSPS) is 29.3. The van der Waals surface area contributed by atoms with Gasteiger partial charge in [-0.15, -0.1) is 0 Å². The lowest BCUT2D eigenvalue weighted by Gasteiger charge is -2.30. The highest BCUT2D eigenvalue weighted by Crippen LogP contribution is 2.19. The van der Waals surface area contributed by atoms with Crippen LogP contribution < -0.4 is 10.6 Å². The van der Waals surface area contributed by atoms with Gasteiger partial charge in [0.05, 0.1) is 0 Å². The molecule has 2 fully saturated rings. The second kappa shape index (κ2) is 7.99. The van der Waals surface area contributed by atoms with Gasteiger partial charge in [-0.2, -0.15) is 0 Å². The number of likely N-dealkylation sites (tertiary alicyclic amines) is 1. The first-order valence-electron chi connectivity index (χ1n) is 8.34. The maximum Gasteiger partial charge on any atom is 0.221 e. The van der Waals surface area contributed by atoms with E-state index in [4.69, 9.17) is 0 Å². The monoisotopic (exact) mass is 281 g/mol. The average Bonchev–Trinajstić information content (AvgIpc) is 2.44. The molecule has 2 aliphatic heterocycles. The zero-order valence-electron chi connectivity index (χ0n) is 13.2. The molecule has 20 heavy (non-hydrogen) atoms. The van der Waals surface area contributed by atoms with Crippen LogP contribution in [0.25, 0.3) is 0 Å². The predicted molar refractivity (Wildman–Crippen MR) is 82.7 cm³/mol. The van der Waals surface area contributed by atoms with Gasteiger partial charge in [-0.25, -0.2) is 0 Å². The van der Waals surface area contributed by atoms with Crippen molar-refractivity contribution in [1.29, 1.82) is 0 Å². The van der Waals surface area contributed by atoms with Gasteiger partial charge >= 0.3 is 0 Å². The van der Waals surface area contributed by atoms with Crippen molar-refractivity contribution in [2.45, 2.75) is 51.5 Å². The molecule has 4 nitrogen and oxygen atoms in total. The van der Waals surface area contributed by atoms with Crippen LogP contribution in [0, 0.1) is 11.8 Å². The van der Waals surface area contributed by atoms with Crippen LogP contribution in [0.4, 0.5) is 0 Å². The van der Waals surface area contributed by atoms with Crippen LogP contribution in [0.3, 0.4) is 0 Å². The highest BCUT2D eigenvalue weighted by molar-refractivity contribution is 5.76. The van der Waals surface area contributed by atoms with Gasteiger partial charge in [0.2, 0.25) is 5.91 Å². The van der Waals surface area contributed by atoms with E-state index in [0.29, 0.717) is 18.4 Å². The van der Waals surface area contributed by atoms with Gasteiger partial charge in [0.1, 0.15) is 0 Å². The van der Waals surface area contributed by atoms with Gasteiger partial charge in [-0.05, 0) is 70.6 Å².